The number of H-pyrrole nitrogens is 1. The fourth-order valence-electron chi connectivity index (χ4n) is 2.04. The van der Waals surface area contributed by atoms with Crippen LogP contribution in [0.2, 0.25) is 0 Å². The van der Waals surface area contributed by atoms with Crippen LogP contribution < -0.4 is 0 Å². The summed E-state index contributed by atoms with van der Waals surface area (Å²) in [5, 5.41) is 7.25. The van der Waals surface area contributed by atoms with E-state index >= 15 is 0 Å². The molecule has 2 aromatic rings. The van der Waals surface area contributed by atoms with E-state index in [0.29, 0.717) is 17.7 Å². The van der Waals surface area contributed by atoms with Gasteiger partial charge in [-0.25, -0.2) is 4.39 Å². The maximum atomic E-state index is 13.4. The van der Waals surface area contributed by atoms with Gasteiger partial charge in [0.15, 0.2) is 0 Å². The second-order valence-electron chi connectivity index (χ2n) is 3.99. The number of halogens is 2. The fraction of sp³-hybridized carbons (Fsp3) is 0.250. The van der Waals surface area contributed by atoms with Crippen molar-refractivity contribution in [2.75, 3.05) is 6.61 Å². The number of aromatic nitrogens is 2. The highest BCUT2D eigenvalue weighted by atomic mass is 79.9. The van der Waals surface area contributed by atoms with Gasteiger partial charge in [0, 0.05) is 27.7 Å². The van der Waals surface area contributed by atoms with Crippen LogP contribution in [0.1, 0.15) is 11.3 Å². The zero-order chi connectivity index (χ0) is 11.8. The minimum absolute atomic E-state index is 0.275. The summed E-state index contributed by atoms with van der Waals surface area (Å²) in [5.74, 6) is -0.275. The highest BCUT2D eigenvalue weighted by Crippen LogP contribution is 2.29. The lowest BCUT2D eigenvalue weighted by molar-refractivity contribution is 0.110. The molecule has 0 fully saturated rings. The van der Waals surface area contributed by atoms with Crippen molar-refractivity contribution in [2.45, 2.75) is 13.0 Å². The topological polar surface area (TPSA) is 37.9 Å². The van der Waals surface area contributed by atoms with Crippen LogP contribution in [-0.4, -0.2) is 16.8 Å². The van der Waals surface area contributed by atoms with Crippen LogP contribution >= 0.6 is 15.9 Å². The van der Waals surface area contributed by atoms with E-state index in [1.165, 1.54) is 12.1 Å². The van der Waals surface area contributed by atoms with E-state index in [1.807, 2.05) is 6.07 Å². The quantitative estimate of drug-likeness (QED) is 0.878. The molecule has 0 unspecified atom stereocenters. The molecular formula is C12H10BrFN2O. The van der Waals surface area contributed by atoms with Crippen LogP contribution in [0.4, 0.5) is 4.39 Å². The second-order valence-corrected chi connectivity index (χ2v) is 4.91. The first kappa shape index (κ1) is 10.9. The third kappa shape index (κ3) is 2.00. The first-order valence-corrected chi connectivity index (χ1v) is 6.13. The molecule has 0 atom stereocenters. The molecule has 0 bridgehead atoms. The van der Waals surface area contributed by atoms with E-state index in [0.717, 1.165) is 28.9 Å². The van der Waals surface area contributed by atoms with Gasteiger partial charge in [0.2, 0.25) is 0 Å². The Morgan fingerprint density at radius 2 is 2.24 bits per heavy atom. The molecule has 0 aliphatic carbocycles. The molecule has 5 heteroatoms. The predicted molar refractivity (Wildman–Crippen MR) is 65.0 cm³/mol. The van der Waals surface area contributed by atoms with Gasteiger partial charge in [-0.1, -0.05) is 15.9 Å². The number of aromatic amines is 1. The van der Waals surface area contributed by atoms with Gasteiger partial charge in [0.05, 0.1) is 18.9 Å². The third-order valence-corrected chi connectivity index (χ3v) is 3.29. The molecule has 1 aromatic carbocycles. The number of rotatable bonds is 1. The van der Waals surface area contributed by atoms with Crippen LogP contribution in [0.15, 0.2) is 22.7 Å². The number of nitrogens with zero attached hydrogens (tertiary/aromatic N) is 1. The van der Waals surface area contributed by atoms with E-state index in [-0.39, 0.29) is 5.82 Å². The first-order chi connectivity index (χ1) is 8.24. The van der Waals surface area contributed by atoms with E-state index in [9.17, 15) is 4.39 Å². The zero-order valence-electron chi connectivity index (χ0n) is 8.96. The largest absolute Gasteiger partial charge is 0.376 e. The van der Waals surface area contributed by atoms with E-state index in [1.54, 1.807) is 0 Å². The molecule has 88 valence electrons. The fourth-order valence-corrected chi connectivity index (χ4v) is 2.51. The summed E-state index contributed by atoms with van der Waals surface area (Å²) in [6, 6.07) is 4.77. The number of nitrogens with one attached hydrogen (secondary N) is 1. The zero-order valence-corrected chi connectivity index (χ0v) is 10.6. The van der Waals surface area contributed by atoms with Crippen LogP contribution in [0.5, 0.6) is 0 Å². The summed E-state index contributed by atoms with van der Waals surface area (Å²) in [5.41, 5.74) is 3.67. The van der Waals surface area contributed by atoms with Crippen molar-refractivity contribution in [3.63, 3.8) is 0 Å². The molecule has 0 saturated carbocycles. The molecule has 3 rings (SSSR count). The minimum atomic E-state index is -0.275. The molecule has 0 saturated heterocycles. The first-order valence-electron chi connectivity index (χ1n) is 5.34. The Bertz CT molecular complexity index is 547. The lowest BCUT2D eigenvalue weighted by Gasteiger charge is -2.12. The van der Waals surface area contributed by atoms with Crippen LogP contribution in [0, 0.1) is 5.82 Å². The highest BCUT2D eigenvalue weighted by molar-refractivity contribution is 9.10. The number of ether oxygens (including phenoxy) is 1. The Morgan fingerprint density at radius 3 is 3.06 bits per heavy atom. The summed E-state index contributed by atoms with van der Waals surface area (Å²) in [7, 11) is 0. The van der Waals surface area contributed by atoms with Gasteiger partial charge in [-0.05, 0) is 18.2 Å². The molecule has 1 aliphatic rings. The van der Waals surface area contributed by atoms with Crippen molar-refractivity contribution in [3.8, 4) is 11.3 Å². The second kappa shape index (κ2) is 4.23. The molecule has 1 aromatic heterocycles. The lowest BCUT2D eigenvalue weighted by atomic mass is 10.0. The molecule has 0 spiro atoms. The SMILES string of the molecule is Fc1cc(Br)cc(-c2n[nH]c3c2COCC3)c1. The minimum Gasteiger partial charge on any atom is -0.376 e. The average molecular weight is 297 g/mol. The monoisotopic (exact) mass is 296 g/mol. The van der Waals surface area contributed by atoms with Gasteiger partial charge in [0.1, 0.15) is 5.82 Å². The summed E-state index contributed by atoms with van der Waals surface area (Å²) in [4.78, 5) is 0. The van der Waals surface area contributed by atoms with E-state index < -0.39 is 0 Å². The molecular weight excluding hydrogens is 287 g/mol. The summed E-state index contributed by atoms with van der Waals surface area (Å²) < 4.78 is 19.5. The van der Waals surface area contributed by atoms with Crippen LogP contribution in [0.3, 0.4) is 0 Å². The molecule has 0 amide bonds. The number of hydrogen-bond donors (Lipinski definition) is 1. The normalized spacial score (nSPS) is 14.7. The lowest BCUT2D eigenvalue weighted by Crippen LogP contribution is -2.08. The predicted octanol–water partition coefficient (Wildman–Crippen LogP) is 3.05. The number of benzene rings is 1. The van der Waals surface area contributed by atoms with E-state index in [4.69, 9.17) is 4.74 Å². The van der Waals surface area contributed by atoms with Crippen molar-refractivity contribution in [2.24, 2.45) is 0 Å². The molecule has 2 heterocycles. The third-order valence-electron chi connectivity index (χ3n) is 2.83. The molecule has 3 nitrogen and oxygen atoms in total. The summed E-state index contributed by atoms with van der Waals surface area (Å²) >= 11 is 3.29. The number of fused-ring (bicyclic) bond motifs is 1. The van der Waals surface area contributed by atoms with Crippen molar-refractivity contribution < 1.29 is 9.13 Å². The Balaban J connectivity index is 2.11. The van der Waals surface area contributed by atoms with Gasteiger partial charge in [0.25, 0.3) is 0 Å². The molecule has 0 radical (unpaired) electrons. The van der Waals surface area contributed by atoms with Gasteiger partial charge >= 0.3 is 0 Å². The summed E-state index contributed by atoms with van der Waals surface area (Å²) in [6.45, 7) is 1.25. The van der Waals surface area contributed by atoms with Gasteiger partial charge in [-0.15, -0.1) is 0 Å². The molecule has 1 aliphatic heterocycles. The smallest absolute Gasteiger partial charge is 0.125 e. The Hall–Kier alpha value is -1.20. The summed E-state index contributed by atoms with van der Waals surface area (Å²) in [6.07, 6.45) is 0.832. The molecule has 17 heavy (non-hydrogen) atoms. The maximum Gasteiger partial charge on any atom is 0.125 e. The maximum absolute atomic E-state index is 13.4. The van der Waals surface area contributed by atoms with Gasteiger partial charge in [-0.2, -0.15) is 5.10 Å². The molecule has 1 N–H and O–H groups in total. The highest BCUT2D eigenvalue weighted by Gasteiger charge is 2.18. The standard InChI is InChI=1S/C12H10BrFN2O/c13-8-3-7(4-9(14)5-8)12-10-6-17-2-1-11(10)15-16-12/h3-5H,1-2,6H2,(H,15,16). The number of hydrogen-bond acceptors (Lipinski definition) is 2. The van der Waals surface area contributed by atoms with E-state index in [2.05, 4.69) is 26.1 Å². The Labute approximate surface area is 106 Å². The average Bonchev–Trinajstić information content (AvgIpc) is 2.71. The van der Waals surface area contributed by atoms with Crippen molar-refractivity contribution in [1.82, 2.24) is 10.2 Å². The van der Waals surface area contributed by atoms with Gasteiger partial charge in [-0.3, -0.25) is 5.10 Å². The van der Waals surface area contributed by atoms with Crippen LogP contribution in [-0.2, 0) is 17.8 Å². The van der Waals surface area contributed by atoms with Crippen molar-refractivity contribution >= 4 is 15.9 Å². The van der Waals surface area contributed by atoms with Crippen LogP contribution in [0.25, 0.3) is 11.3 Å². The van der Waals surface area contributed by atoms with Gasteiger partial charge < -0.3 is 4.74 Å². The van der Waals surface area contributed by atoms with Crippen molar-refractivity contribution in [1.29, 1.82) is 0 Å². The van der Waals surface area contributed by atoms with Crippen molar-refractivity contribution in [3.05, 3.63) is 39.7 Å². The Morgan fingerprint density at radius 1 is 1.35 bits per heavy atom. The Kier molecular flexibility index (Phi) is 2.72.